The zero-order chi connectivity index (χ0) is 26.3. The molecule has 0 aliphatic carbocycles. The smallest absolute Gasteiger partial charge is 0.294 e. The summed E-state index contributed by atoms with van der Waals surface area (Å²) in [5, 5.41) is 5.35. The second-order valence-electron chi connectivity index (χ2n) is 7.69. The van der Waals surface area contributed by atoms with Crippen molar-refractivity contribution in [1.82, 2.24) is 0 Å². The number of amides is 1. The lowest BCUT2D eigenvalue weighted by Gasteiger charge is -2.15. The first-order chi connectivity index (χ1) is 16.9. The van der Waals surface area contributed by atoms with E-state index in [1.165, 1.54) is 42.5 Å². The van der Waals surface area contributed by atoms with Gasteiger partial charge in [0.15, 0.2) is 5.75 Å². The zero-order valence-electron chi connectivity index (χ0n) is 19.1. The fraction of sp³-hybridized carbons (Fsp3) is 0.130. The SMILES string of the molecule is CCN1/C(=C/C=C/C=C2\C(=O)N(c3ccc(S(=O)(=O)O)cc3)N=C2C)Oc2ccc(S(=O)(=O)O)cc21. The third-order valence-electron chi connectivity index (χ3n) is 5.37. The van der Waals surface area contributed by atoms with Crippen LogP contribution in [0.4, 0.5) is 11.4 Å². The molecule has 0 spiro atoms. The molecule has 13 heteroatoms. The van der Waals surface area contributed by atoms with Gasteiger partial charge in [-0.1, -0.05) is 12.2 Å². The van der Waals surface area contributed by atoms with Crippen LogP contribution in [-0.4, -0.2) is 44.1 Å². The minimum Gasteiger partial charge on any atom is -0.439 e. The second kappa shape index (κ2) is 9.35. The summed E-state index contributed by atoms with van der Waals surface area (Å²) in [6, 6.07) is 9.12. The molecule has 0 saturated carbocycles. The van der Waals surface area contributed by atoms with Crippen molar-refractivity contribution >= 4 is 43.2 Å². The average molecular weight is 532 g/mol. The van der Waals surface area contributed by atoms with Crippen LogP contribution in [0.3, 0.4) is 0 Å². The van der Waals surface area contributed by atoms with E-state index in [1.54, 1.807) is 36.1 Å². The van der Waals surface area contributed by atoms with Crippen LogP contribution in [0.15, 0.2) is 93.1 Å². The molecule has 0 atom stereocenters. The maximum absolute atomic E-state index is 12.8. The maximum Gasteiger partial charge on any atom is 0.294 e. The number of nitrogens with zero attached hydrogens (tertiary/aromatic N) is 3. The van der Waals surface area contributed by atoms with Crippen LogP contribution in [0.1, 0.15) is 13.8 Å². The summed E-state index contributed by atoms with van der Waals surface area (Å²) >= 11 is 0. The quantitative estimate of drug-likeness (QED) is 0.423. The minimum absolute atomic E-state index is 0.239. The minimum atomic E-state index is -4.36. The highest BCUT2D eigenvalue weighted by Crippen LogP contribution is 2.40. The fourth-order valence-corrected chi connectivity index (χ4v) is 4.61. The third-order valence-corrected chi connectivity index (χ3v) is 7.09. The normalized spacial score (nSPS) is 18.3. The molecule has 36 heavy (non-hydrogen) atoms. The largest absolute Gasteiger partial charge is 0.439 e. The van der Waals surface area contributed by atoms with Crippen molar-refractivity contribution in [3.63, 3.8) is 0 Å². The topological polar surface area (TPSA) is 154 Å². The summed E-state index contributed by atoms with van der Waals surface area (Å²) in [5.74, 6) is 0.451. The lowest BCUT2D eigenvalue weighted by molar-refractivity contribution is -0.114. The van der Waals surface area contributed by atoms with Gasteiger partial charge in [0.25, 0.3) is 26.1 Å². The van der Waals surface area contributed by atoms with E-state index in [0.29, 0.717) is 40.8 Å². The Labute approximate surface area is 207 Å². The summed E-state index contributed by atoms with van der Waals surface area (Å²) in [6.45, 7) is 3.98. The maximum atomic E-state index is 12.8. The van der Waals surface area contributed by atoms with Gasteiger partial charge >= 0.3 is 0 Å². The number of hydrogen-bond acceptors (Lipinski definition) is 8. The molecule has 2 aromatic rings. The van der Waals surface area contributed by atoms with E-state index in [1.807, 2.05) is 6.92 Å². The summed E-state index contributed by atoms with van der Waals surface area (Å²) in [4.78, 5) is 14.0. The Morgan fingerprint density at radius 2 is 1.56 bits per heavy atom. The standard InChI is InChI=1S/C23H21N3O8S2/c1-3-25-20-14-18(36(31,32)33)12-13-21(20)34-22(25)7-5-4-6-19-15(2)24-26(23(19)27)16-8-10-17(11-9-16)35(28,29)30/h4-14H,3H2,1-2H3,(H,28,29,30)(H,31,32,33)/b5-4+,19-6-,22-7-. The molecule has 2 heterocycles. The number of ether oxygens (including phenoxy) is 1. The zero-order valence-corrected chi connectivity index (χ0v) is 20.7. The predicted octanol–water partition coefficient (Wildman–Crippen LogP) is 3.15. The number of anilines is 2. The van der Waals surface area contributed by atoms with Gasteiger partial charge in [-0.3, -0.25) is 13.9 Å². The molecule has 0 unspecified atom stereocenters. The van der Waals surface area contributed by atoms with Crippen molar-refractivity contribution in [3.8, 4) is 5.75 Å². The average Bonchev–Trinajstić information content (AvgIpc) is 3.31. The Morgan fingerprint density at radius 3 is 2.17 bits per heavy atom. The molecule has 2 aliphatic heterocycles. The van der Waals surface area contributed by atoms with Gasteiger partial charge in [0.2, 0.25) is 5.88 Å². The van der Waals surface area contributed by atoms with Gasteiger partial charge in [-0.25, -0.2) is 0 Å². The number of carbonyl (C=O) groups is 1. The summed E-state index contributed by atoms with van der Waals surface area (Å²) in [6.07, 6.45) is 6.48. The summed E-state index contributed by atoms with van der Waals surface area (Å²) in [7, 11) is -8.71. The van der Waals surface area contributed by atoms with Crippen molar-refractivity contribution in [1.29, 1.82) is 0 Å². The number of hydrogen-bond donors (Lipinski definition) is 2. The van der Waals surface area contributed by atoms with Crippen molar-refractivity contribution in [2.24, 2.45) is 5.10 Å². The predicted molar refractivity (Wildman–Crippen MR) is 132 cm³/mol. The van der Waals surface area contributed by atoms with Gasteiger partial charge in [-0.15, -0.1) is 0 Å². The number of hydrazone groups is 1. The van der Waals surface area contributed by atoms with Gasteiger partial charge in [-0.2, -0.15) is 26.9 Å². The van der Waals surface area contributed by atoms with Crippen LogP contribution in [0.5, 0.6) is 5.75 Å². The second-order valence-corrected chi connectivity index (χ2v) is 10.5. The molecule has 2 aliphatic rings. The molecular weight excluding hydrogens is 510 g/mol. The molecule has 0 bridgehead atoms. The molecule has 0 saturated heterocycles. The van der Waals surface area contributed by atoms with Gasteiger partial charge in [-0.05, 0) is 68.5 Å². The van der Waals surface area contributed by atoms with E-state index in [4.69, 9.17) is 9.29 Å². The molecule has 11 nitrogen and oxygen atoms in total. The molecular formula is C23H21N3O8S2. The highest BCUT2D eigenvalue weighted by molar-refractivity contribution is 7.86. The van der Waals surface area contributed by atoms with Crippen LogP contribution in [0, 0.1) is 0 Å². The lowest BCUT2D eigenvalue weighted by atomic mass is 10.1. The Balaban J connectivity index is 1.51. The summed E-state index contributed by atoms with van der Waals surface area (Å²) < 4.78 is 69.5. The molecule has 1 amide bonds. The molecule has 2 aromatic carbocycles. The Hall–Kier alpha value is -3.78. The van der Waals surface area contributed by atoms with Crippen molar-refractivity contribution < 1.29 is 35.5 Å². The molecule has 0 aromatic heterocycles. The van der Waals surface area contributed by atoms with E-state index in [2.05, 4.69) is 5.10 Å². The first-order valence-corrected chi connectivity index (χ1v) is 13.4. The Kier molecular flexibility index (Phi) is 6.58. The monoisotopic (exact) mass is 531 g/mol. The number of rotatable bonds is 6. The number of allylic oxidation sites excluding steroid dienone is 4. The molecule has 0 fully saturated rings. The van der Waals surface area contributed by atoms with E-state index in [0.717, 1.165) is 5.01 Å². The molecule has 4 rings (SSSR count). The fourth-order valence-electron chi connectivity index (χ4n) is 3.63. The van der Waals surface area contributed by atoms with Crippen LogP contribution >= 0.6 is 0 Å². The van der Waals surface area contributed by atoms with Crippen LogP contribution < -0.4 is 14.6 Å². The van der Waals surface area contributed by atoms with E-state index < -0.39 is 26.1 Å². The third kappa shape index (κ3) is 4.95. The van der Waals surface area contributed by atoms with E-state index in [9.17, 15) is 26.2 Å². The van der Waals surface area contributed by atoms with E-state index >= 15 is 0 Å². The van der Waals surface area contributed by atoms with Gasteiger partial charge < -0.3 is 9.64 Å². The lowest BCUT2D eigenvalue weighted by Crippen LogP contribution is -2.21. The van der Waals surface area contributed by atoms with Crippen LogP contribution in [0.25, 0.3) is 0 Å². The Morgan fingerprint density at radius 1 is 0.944 bits per heavy atom. The summed E-state index contributed by atoms with van der Waals surface area (Å²) in [5.41, 5.74) is 1.61. The van der Waals surface area contributed by atoms with Crippen molar-refractivity contribution in [3.05, 3.63) is 78.2 Å². The molecule has 188 valence electrons. The first-order valence-electron chi connectivity index (χ1n) is 10.5. The molecule has 0 radical (unpaired) electrons. The number of fused-ring (bicyclic) bond motifs is 1. The number of benzene rings is 2. The van der Waals surface area contributed by atoms with Crippen LogP contribution in [-0.2, 0) is 25.0 Å². The van der Waals surface area contributed by atoms with Crippen molar-refractivity contribution in [2.75, 3.05) is 16.5 Å². The number of carbonyl (C=O) groups excluding carboxylic acids is 1. The van der Waals surface area contributed by atoms with Crippen molar-refractivity contribution in [2.45, 2.75) is 23.6 Å². The first kappa shape index (κ1) is 25.3. The van der Waals surface area contributed by atoms with Gasteiger partial charge in [0.1, 0.15) is 0 Å². The van der Waals surface area contributed by atoms with Gasteiger partial charge in [0, 0.05) is 6.54 Å². The Bertz CT molecular complexity index is 1570. The van der Waals surface area contributed by atoms with Gasteiger partial charge in [0.05, 0.1) is 32.5 Å². The highest BCUT2D eigenvalue weighted by Gasteiger charge is 2.29. The molecule has 2 N–H and O–H groups in total. The highest BCUT2D eigenvalue weighted by atomic mass is 32.2. The van der Waals surface area contributed by atoms with Crippen LogP contribution in [0.2, 0.25) is 0 Å². The van der Waals surface area contributed by atoms with E-state index in [-0.39, 0.29) is 9.79 Å².